The molecule has 1 atom stereocenters. The number of likely N-dealkylation sites (N-methyl/N-ethyl adjacent to an activating group) is 1. The molecular weight excluding hydrogens is 340 g/mol. The van der Waals surface area contributed by atoms with Crippen LogP contribution in [0.25, 0.3) is 0 Å². The minimum Gasteiger partial charge on any atom is -0.333 e. The van der Waals surface area contributed by atoms with Crippen LogP contribution in [0.15, 0.2) is 73.0 Å². The van der Waals surface area contributed by atoms with Crippen LogP contribution in [-0.2, 0) is 6.42 Å². The normalized spacial score (nSPS) is 11.5. The molecular formula is C26H46N2. The van der Waals surface area contributed by atoms with Crippen LogP contribution in [0, 0.1) is 5.92 Å². The Morgan fingerprint density at radius 1 is 1.11 bits per heavy atom. The minimum absolute atomic E-state index is 0.669. The van der Waals surface area contributed by atoms with Crippen molar-refractivity contribution in [3.8, 4) is 0 Å². The van der Waals surface area contributed by atoms with Crippen molar-refractivity contribution < 1.29 is 0 Å². The Labute approximate surface area is 176 Å². The fourth-order valence-corrected chi connectivity index (χ4v) is 2.55. The molecule has 1 aromatic carbocycles. The first-order valence-corrected chi connectivity index (χ1v) is 10.2. The van der Waals surface area contributed by atoms with E-state index in [1.54, 1.807) is 0 Å². The van der Waals surface area contributed by atoms with Crippen LogP contribution in [0.5, 0.6) is 0 Å². The highest BCUT2D eigenvalue weighted by Gasteiger charge is 2.08. The van der Waals surface area contributed by atoms with Gasteiger partial charge in [0.25, 0.3) is 0 Å². The van der Waals surface area contributed by atoms with Gasteiger partial charge in [-0.25, -0.2) is 0 Å². The molecule has 28 heavy (non-hydrogen) atoms. The molecule has 0 spiro atoms. The van der Waals surface area contributed by atoms with Gasteiger partial charge in [-0.05, 0) is 65.7 Å². The van der Waals surface area contributed by atoms with Crippen LogP contribution in [0.4, 0.5) is 0 Å². The molecule has 1 aromatic rings. The Morgan fingerprint density at radius 3 is 1.93 bits per heavy atom. The van der Waals surface area contributed by atoms with Gasteiger partial charge >= 0.3 is 0 Å². The largest absolute Gasteiger partial charge is 0.333 e. The molecule has 0 aliphatic heterocycles. The second kappa shape index (κ2) is 23.2. The third-order valence-electron chi connectivity index (χ3n) is 3.91. The Morgan fingerprint density at radius 2 is 1.61 bits per heavy atom. The molecule has 0 aliphatic carbocycles. The predicted molar refractivity (Wildman–Crippen MR) is 131 cm³/mol. The van der Waals surface area contributed by atoms with Gasteiger partial charge in [0.15, 0.2) is 0 Å². The zero-order chi connectivity index (χ0) is 22.4. The highest BCUT2D eigenvalue weighted by atomic mass is 15.1. The summed E-state index contributed by atoms with van der Waals surface area (Å²) in [6.07, 6.45) is 10.0. The Hall–Kier alpha value is -1.86. The van der Waals surface area contributed by atoms with E-state index in [2.05, 4.69) is 127 Å². The van der Waals surface area contributed by atoms with Crippen LogP contribution in [-0.4, -0.2) is 32.1 Å². The molecule has 2 heteroatoms. The highest BCUT2D eigenvalue weighted by Crippen LogP contribution is 2.11. The van der Waals surface area contributed by atoms with E-state index in [1.807, 2.05) is 0 Å². The lowest BCUT2D eigenvalue weighted by Gasteiger charge is -2.22. The van der Waals surface area contributed by atoms with Crippen molar-refractivity contribution in [1.82, 2.24) is 4.90 Å². The summed E-state index contributed by atoms with van der Waals surface area (Å²) in [7, 11) is 5.80. The summed E-state index contributed by atoms with van der Waals surface area (Å²) in [4.78, 5) is 2.30. The summed E-state index contributed by atoms with van der Waals surface area (Å²) in [5.41, 5.74) is 9.63. The van der Waals surface area contributed by atoms with E-state index < -0.39 is 0 Å². The van der Waals surface area contributed by atoms with Gasteiger partial charge in [-0.3, -0.25) is 0 Å². The minimum atomic E-state index is 0.669. The first-order chi connectivity index (χ1) is 13.4. The molecule has 160 valence electrons. The molecule has 1 rings (SSSR count). The van der Waals surface area contributed by atoms with Crippen molar-refractivity contribution >= 4 is 0 Å². The molecule has 0 bridgehead atoms. The summed E-state index contributed by atoms with van der Waals surface area (Å²) in [6.45, 7) is 17.1. The third kappa shape index (κ3) is 20.5. The molecule has 0 saturated heterocycles. The van der Waals surface area contributed by atoms with E-state index in [0.717, 1.165) is 12.3 Å². The van der Waals surface area contributed by atoms with Crippen LogP contribution in [0.1, 0.15) is 53.0 Å². The average Bonchev–Trinajstić information content (AvgIpc) is 2.68. The lowest BCUT2D eigenvalue weighted by atomic mass is 10.0. The van der Waals surface area contributed by atoms with Crippen LogP contribution >= 0.6 is 0 Å². The molecule has 0 saturated carbocycles. The lowest BCUT2D eigenvalue weighted by molar-refractivity contribution is 0.284. The first-order valence-electron chi connectivity index (χ1n) is 10.2. The van der Waals surface area contributed by atoms with Crippen molar-refractivity contribution in [2.75, 3.05) is 21.1 Å². The molecule has 0 aliphatic rings. The smallest absolute Gasteiger partial charge is 0.0127 e. The van der Waals surface area contributed by atoms with Gasteiger partial charge in [-0.15, -0.1) is 5.73 Å². The molecule has 0 aromatic heterocycles. The van der Waals surface area contributed by atoms with E-state index in [1.165, 1.54) is 31.0 Å². The summed E-state index contributed by atoms with van der Waals surface area (Å²) >= 11 is 0. The molecule has 2 nitrogen and oxygen atoms in total. The van der Waals surface area contributed by atoms with Crippen molar-refractivity contribution in [1.29, 1.82) is 0 Å². The summed E-state index contributed by atoms with van der Waals surface area (Å²) in [6, 6.07) is 11.4. The SMILES string of the molecule is C/C=C\C(=C/C)CC(C)C.C=C=C.CCC(Cc1ccccc1)N(C)C.CN. The molecule has 0 fully saturated rings. The number of nitrogens with zero attached hydrogens (tertiary/aromatic N) is 1. The molecule has 1 unspecified atom stereocenters. The number of nitrogens with two attached hydrogens (primary N) is 1. The van der Waals surface area contributed by atoms with Gasteiger partial charge in [0.2, 0.25) is 0 Å². The topological polar surface area (TPSA) is 29.3 Å². The number of allylic oxidation sites excluding steroid dienone is 4. The third-order valence-corrected chi connectivity index (χ3v) is 3.91. The Kier molecular flexibility index (Phi) is 25.5. The van der Waals surface area contributed by atoms with Crippen molar-refractivity contribution in [2.45, 2.75) is 59.9 Å². The quantitative estimate of drug-likeness (QED) is 0.419. The summed E-state index contributed by atoms with van der Waals surface area (Å²) < 4.78 is 0. The zero-order valence-corrected chi connectivity index (χ0v) is 19.8. The average molecular weight is 387 g/mol. The van der Waals surface area contributed by atoms with Crippen LogP contribution < -0.4 is 5.73 Å². The standard InChI is InChI=1S/C12H19N.C10H18.C3H4.CH5N/c1-4-12(13(2)3)10-11-8-6-5-7-9-11;1-5-7-10(6-2)8-9(3)4;1-3-2;1-2/h5-9,12H,4,10H2,1-3H3;5-7,9H,8H2,1-4H3;1-2H2;2H2,1H3/b;7-5-,10-6+;;. The molecule has 0 heterocycles. The van der Waals surface area contributed by atoms with Gasteiger partial charge in [0.05, 0.1) is 0 Å². The van der Waals surface area contributed by atoms with Crippen LogP contribution in [0.3, 0.4) is 0 Å². The fourth-order valence-electron chi connectivity index (χ4n) is 2.55. The van der Waals surface area contributed by atoms with E-state index in [4.69, 9.17) is 0 Å². The number of rotatable bonds is 7. The van der Waals surface area contributed by atoms with E-state index in [9.17, 15) is 0 Å². The maximum Gasteiger partial charge on any atom is 0.0127 e. The second-order valence-electron chi connectivity index (χ2n) is 6.93. The summed E-state index contributed by atoms with van der Waals surface area (Å²) in [5.74, 6) is 0.766. The van der Waals surface area contributed by atoms with Gasteiger partial charge in [0, 0.05) is 6.04 Å². The molecule has 2 N–H and O–H groups in total. The van der Waals surface area contributed by atoms with Gasteiger partial charge < -0.3 is 10.6 Å². The van der Waals surface area contributed by atoms with E-state index >= 15 is 0 Å². The van der Waals surface area contributed by atoms with E-state index in [0.29, 0.717) is 6.04 Å². The maximum absolute atomic E-state index is 4.50. The van der Waals surface area contributed by atoms with Crippen molar-refractivity contribution in [3.63, 3.8) is 0 Å². The predicted octanol–water partition coefficient (Wildman–Crippen LogP) is 6.66. The monoisotopic (exact) mass is 386 g/mol. The molecule has 0 amide bonds. The maximum atomic E-state index is 4.50. The summed E-state index contributed by atoms with van der Waals surface area (Å²) in [5, 5.41) is 0. The number of hydrogen-bond acceptors (Lipinski definition) is 2. The molecule has 0 radical (unpaired) electrons. The van der Waals surface area contributed by atoms with Gasteiger partial charge in [-0.2, -0.15) is 0 Å². The Balaban J connectivity index is -0.000000371. The van der Waals surface area contributed by atoms with Crippen molar-refractivity contribution in [2.24, 2.45) is 11.7 Å². The second-order valence-corrected chi connectivity index (χ2v) is 6.93. The number of hydrogen-bond donors (Lipinski definition) is 1. The zero-order valence-electron chi connectivity index (χ0n) is 19.8. The van der Waals surface area contributed by atoms with E-state index in [-0.39, 0.29) is 0 Å². The lowest BCUT2D eigenvalue weighted by Crippen LogP contribution is -2.29. The van der Waals surface area contributed by atoms with Crippen LogP contribution in [0.2, 0.25) is 0 Å². The fraction of sp³-hybridized carbons (Fsp3) is 0.500. The first kappa shape index (κ1) is 30.9. The highest BCUT2D eigenvalue weighted by molar-refractivity contribution is 5.17. The number of benzene rings is 1. The van der Waals surface area contributed by atoms with Gasteiger partial charge in [0.1, 0.15) is 0 Å². The van der Waals surface area contributed by atoms with Gasteiger partial charge in [-0.1, -0.05) is 88.1 Å². The van der Waals surface area contributed by atoms with Crippen molar-refractivity contribution in [3.05, 3.63) is 78.6 Å². The Bertz CT molecular complexity index is 519.